The summed E-state index contributed by atoms with van der Waals surface area (Å²) in [6.07, 6.45) is 0.918. The van der Waals surface area contributed by atoms with E-state index in [0.717, 1.165) is 13.0 Å². The molecule has 2 aromatic carbocycles. The van der Waals surface area contributed by atoms with Crippen LogP contribution in [0.5, 0.6) is 5.75 Å². The summed E-state index contributed by atoms with van der Waals surface area (Å²) in [5, 5.41) is 3.20. The van der Waals surface area contributed by atoms with Gasteiger partial charge in [0, 0.05) is 0 Å². The van der Waals surface area contributed by atoms with Crippen LogP contribution in [-0.2, 0) is 6.42 Å². The molecular formula is C18H21NO2. The van der Waals surface area contributed by atoms with Crippen LogP contribution < -0.4 is 10.1 Å². The first kappa shape index (κ1) is 15.3. The molecule has 0 aliphatic carbocycles. The van der Waals surface area contributed by atoms with Crippen molar-refractivity contribution in [2.45, 2.75) is 13.3 Å². The first-order valence-electron chi connectivity index (χ1n) is 7.31. The minimum Gasteiger partial charge on any atom is -0.493 e. The topological polar surface area (TPSA) is 38.3 Å². The Morgan fingerprint density at radius 1 is 1.05 bits per heavy atom. The van der Waals surface area contributed by atoms with E-state index >= 15 is 0 Å². The van der Waals surface area contributed by atoms with Crippen LogP contribution in [0.2, 0.25) is 0 Å². The van der Waals surface area contributed by atoms with Crippen LogP contribution in [0, 0.1) is 0 Å². The number of carbonyl (C=O) groups is 1. The third-order valence-electron chi connectivity index (χ3n) is 3.21. The van der Waals surface area contributed by atoms with Gasteiger partial charge in [0.2, 0.25) is 0 Å². The molecule has 0 saturated heterocycles. The predicted molar refractivity (Wildman–Crippen MR) is 85.0 cm³/mol. The van der Waals surface area contributed by atoms with Crippen molar-refractivity contribution in [1.82, 2.24) is 5.32 Å². The maximum atomic E-state index is 12.2. The largest absolute Gasteiger partial charge is 0.493 e. The summed E-state index contributed by atoms with van der Waals surface area (Å²) in [6.45, 7) is 3.59. The quantitative estimate of drug-likeness (QED) is 0.597. The Morgan fingerprint density at radius 3 is 2.52 bits per heavy atom. The molecule has 0 radical (unpaired) electrons. The van der Waals surface area contributed by atoms with Crippen molar-refractivity contribution in [3.63, 3.8) is 0 Å². The van der Waals surface area contributed by atoms with Crippen LogP contribution in [0.15, 0.2) is 54.6 Å². The molecule has 0 unspecified atom stereocenters. The van der Waals surface area contributed by atoms with E-state index in [2.05, 4.69) is 17.4 Å². The van der Waals surface area contributed by atoms with Gasteiger partial charge in [0.15, 0.2) is 5.78 Å². The van der Waals surface area contributed by atoms with Gasteiger partial charge in [0.1, 0.15) is 5.75 Å². The first-order valence-corrected chi connectivity index (χ1v) is 7.31. The minimum absolute atomic E-state index is 0.0621. The van der Waals surface area contributed by atoms with Crippen LogP contribution in [0.25, 0.3) is 0 Å². The summed E-state index contributed by atoms with van der Waals surface area (Å²) in [7, 11) is 0. The maximum absolute atomic E-state index is 12.2. The SMILES string of the molecule is CCOc1ccccc1C(=O)CNCCc1ccccc1. The van der Waals surface area contributed by atoms with Crippen molar-refractivity contribution >= 4 is 5.78 Å². The monoisotopic (exact) mass is 283 g/mol. The van der Waals surface area contributed by atoms with Crippen molar-refractivity contribution < 1.29 is 9.53 Å². The molecule has 1 N–H and O–H groups in total. The van der Waals surface area contributed by atoms with Crippen molar-refractivity contribution in [2.24, 2.45) is 0 Å². The van der Waals surface area contributed by atoms with E-state index in [4.69, 9.17) is 4.74 Å². The number of carbonyl (C=O) groups excluding carboxylic acids is 1. The van der Waals surface area contributed by atoms with E-state index in [-0.39, 0.29) is 5.78 Å². The zero-order valence-corrected chi connectivity index (χ0v) is 12.3. The Labute approximate surface area is 126 Å². The molecule has 0 heterocycles. The van der Waals surface area contributed by atoms with Gasteiger partial charge in [-0.3, -0.25) is 4.79 Å². The highest BCUT2D eigenvalue weighted by Gasteiger charge is 2.11. The number of ketones is 1. The molecule has 0 saturated carbocycles. The zero-order valence-electron chi connectivity index (χ0n) is 12.3. The number of rotatable bonds is 8. The Bertz CT molecular complexity index is 566. The summed E-state index contributed by atoms with van der Waals surface area (Å²) in [5.41, 5.74) is 1.92. The third kappa shape index (κ3) is 4.72. The molecule has 2 aromatic rings. The molecule has 0 aliphatic rings. The number of para-hydroxylation sites is 1. The van der Waals surface area contributed by atoms with Gasteiger partial charge in [-0.15, -0.1) is 0 Å². The fourth-order valence-corrected chi connectivity index (χ4v) is 2.15. The highest BCUT2D eigenvalue weighted by molar-refractivity contribution is 6.00. The lowest BCUT2D eigenvalue weighted by Gasteiger charge is -2.09. The van der Waals surface area contributed by atoms with E-state index in [0.29, 0.717) is 24.5 Å². The van der Waals surface area contributed by atoms with E-state index in [1.165, 1.54) is 5.56 Å². The second-order valence-electron chi connectivity index (χ2n) is 4.76. The second-order valence-corrected chi connectivity index (χ2v) is 4.76. The molecular weight excluding hydrogens is 262 g/mol. The Morgan fingerprint density at radius 2 is 1.76 bits per heavy atom. The molecule has 0 aliphatic heterocycles. The lowest BCUT2D eigenvalue weighted by molar-refractivity contribution is 0.0987. The summed E-state index contributed by atoms with van der Waals surface area (Å²) in [4.78, 5) is 12.2. The smallest absolute Gasteiger partial charge is 0.180 e. The van der Waals surface area contributed by atoms with Gasteiger partial charge in [-0.2, -0.15) is 0 Å². The van der Waals surface area contributed by atoms with Gasteiger partial charge in [-0.25, -0.2) is 0 Å². The van der Waals surface area contributed by atoms with Gasteiger partial charge < -0.3 is 10.1 Å². The summed E-state index contributed by atoms with van der Waals surface area (Å²) in [6, 6.07) is 17.6. The molecule has 0 fully saturated rings. The first-order chi connectivity index (χ1) is 10.3. The maximum Gasteiger partial charge on any atom is 0.180 e. The van der Waals surface area contributed by atoms with Crippen LogP contribution in [-0.4, -0.2) is 25.5 Å². The molecule has 0 spiro atoms. The van der Waals surface area contributed by atoms with Gasteiger partial charge >= 0.3 is 0 Å². The normalized spacial score (nSPS) is 10.3. The fourth-order valence-electron chi connectivity index (χ4n) is 2.15. The fraction of sp³-hybridized carbons (Fsp3) is 0.278. The summed E-state index contributed by atoms with van der Waals surface area (Å²) < 4.78 is 5.49. The van der Waals surface area contributed by atoms with Crippen molar-refractivity contribution in [3.8, 4) is 5.75 Å². The van der Waals surface area contributed by atoms with Gasteiger partial charge in [0.05, 0.1) is 18.7 Å². The van der Waals surface area contributed by atoms with E-state index in [1.54, 1.807) is 0 Å². The molecule has 0 atom stereocenters. The Balaban J connectivity index is 1.82. The van der Waals surface area contributed by atoms with E-state index in [1.807, 2.05) is 49.4 Å². The molecule has 3 nitrogen and oxygen atoms in total. The number of ether oxygens (including phenoxy) is 1. The van der Waals surface area contributed by atoms with Gasteiger partial charge in [-0.05, 0) is 37.6 Å². The average molecular weight is 283 g/mol. The lowest BCUT2D eigenvalue weighted by Crippen LogP contribution is -2.25. The van der Waals surface area contributed by atoms with Crippen molar-refractivity contribution in [2.75, 3.05) is 19.7 Å². The molecule has 3 heteroatoms. The summed E-state index contributed by atoms with van der Waals surface area (Å²) >= 11 is 0. The third-order valence-corrected chi connectivity index (χ3v) is 3.21. The molecule has 2 rings (SSSR count). The molecule has 0 aromatic heterocycles. The zero-order chi connectivity index (χ0) is 14.9. The average Bonchev–Trinajstić information content (AvgIpc) is 2.53. The standard InChI is InChI=1S/C18H21NO2/c1-2-21-18-11-7-6-10-16(18)17(20)14-19-13-12-15-8-4-3-5-9-15/h3-11,19H,2,12-14H2,1H3. The Hall–Kier alpha value is -2.13. The van der Waals surface area contributed by atoms with Crippen LogP contribution in [0.4, 0.5) is 0 Å². The second kappa shape index (κ2) is 8.22. The summed E-state index contributed by atoms with van der Waals surface area (Å²) in [5.74, 6) is 0.724. The van der Waals surface area contributed by atoms with Crippen molar-refractivity contribution in [1.29, 1.82) is 0 Å². The van der Waals surface area contributed by atoms with Gasteiger partial charge in [0.25, 0.3) is 0 Å². The molecule has 110 valence electrons. The van der Waals surface area contributed by atoms with E-state index in [9.17, 15) is 4.79 Å². The highest BCUT2D eigenvalue weighted by Crippen LogP contribution is 2.18. The molecule has 21 heavy (non-hydrogen) atoms. The minimum atomic E-state index is 0.0621. The number of hydrogen-bond donors (Lipinski definition) is 1. The number of Topliss-reactive ketones (excluding diaryl/α,β-unsaturated/α-hetero) is 1. The lowest BCUT2D eigenvalue weighted by atomic mass is 10.1. The van der Waals surface area contributed by atoms with Crippen LogP contribution in [0.1, 0.15) is 22.8 Å². The van der Waals surface area contributed by atoms with Gasteiger partial charge in [-0.1, -0.05) is 42.5 Å². The number of benzene rings is 2. The highest BCUT2D eigenvalue weighted by atomic mass is 16.5. The number of nitrogens with one attached hydrogen (secondary N) is 1. The Kier molecular flexibility index (Phi) is 5.98. The molecule has 0 bridgehead atoms. The van der Waals surface area contributed by atoms with Crippen LogP contribution >= 0.6 is 0 Å². The molecule has 0 amide bonds. The van der Waals surface area contributed by atoms with Crippen LogP contribution in [0.3, 0.4) is 0 Å². The van der Waals surface area contributed by atoms with Crippen molar-refractivity contribution in [3.05, 3.63) is 65.7 Å². The number of hydrogen-bond acceptors (Lipinski definition) is 3. The predicted octanol–water partition coefficient (Wildman–Crippen LogP) is 3.10. The van der Waals surface area contributed by atoms with E-state index < -0.39 is 0 Å².